The van der Waals surface area contributed by atoms with Gasteiger partial charge in [0, 0.05) is 43.4 Å². The number of anilines is 1. The quantitative estimate of drug-likeness (QED) is 0.732. The Labute approximate surface area is 187 Å². The minimum Gasteiger partial charge on any atom is -0.492 e. The Kier molecular flexibility index (Phi) is 6.68. The fourth-order valence-corrected chi connectivity index (χ4v) is 4.47. The van der Waals surface area contributed by atoms with E-state index in [4.69, 9.17) is 27.9 Å². The monoisotopic (exact) mass is 448 g/mol. The van der Waals surface area contributed by atoms with E-state index in [1.807, 2.05) is 54.3 Å². The average molecular weight is 449 g/mol. The lowest BCUT2D eigenvalue weighted by Crippen LogP contribution is -2.51. The Hall–Kier alpha value is -1.99. The van der Waals surface area contributed by atoms with Crippen LogP contribution in [0.3, 0.4) is 0 Å². The highest BCUT2D eigenvalue weighted by Crippen LogP contribution is 2.33. The van der Waals surface area contributed by atoms with Crippen LogP contribution in [0.15, 0.2) is 42.5 Å². The Balaban J connectivity index is 1.40. The molecule has 2 aromatic rings. The minimum atomic E-state index is -0.180. The minimum absolute atomic E-state index is 0.125. The van der Waals surface area contributed by atoms with Crippen molar-refractivity contribution in [3.63, 3.8) is 0 Å². The van der Waals surface area contributed by atoms with Gasteiger partial charge in [-0.25, -0.2) is 5.43 Å². The van der Waals surface area contributed by atoms with Crippen LogP contribution in [0.5, 0.6) is 5.75 Å². The van der Waals surface area contributed by atoms with E-state index in [-0.39, 0.29) is 17.9 Å². The number of nitrogens with one attached hydrogen (secondary N) is 2. The van der Waals surface area contributed by atoms with Gasteiger partial charge < -0.3 is 14.5 Å². The number of carbonyl (C=O) groups excluding carboxylic acids is 1. The van der Waals surface area contributed by atoms with Crippen molar-refractivity contribution in [2.24, 2.45) is 5.92 Å². The summed E-state index contributed by atoms with van der Waals surface area (Å²) in [5.41, 5.74) is 8.50. The first-order valence-electron chi connectivity index (χ1n) is 10.3. The van der Waals surface area contributed by atoms with Gasteiger partial charge in [0.15, 0.2) is 0 Å². The molecule has 2 fully saturated rings. The number of ether oxygens (including phenoxy) is 1. The molecule has 2 aromatic carbocycles. The van der Waals surface area contributed by atoms with Crippen LogP contribution in [0, 0.1) is 5.92 Å². The van der Waals surface area contributed by atoms with Crippen LogP contribution in [-0.2, 0) is 4.79 Å². The summed E-state index contributed by atoms with van der Waals surface area (Å²) in [7, 11) is 0. The molecule has 0 saturated carbocycles. The number of halogens is 2. The molecule has 160 valence electrons. The molecular formula is C22H26Cl2N4O2. The van der Waals surface area contributed by atoms with Crippen LogP contribution in [0.2, 0.25) is 10.0 Å². The summed E-state index contributed by atoms with van der Waals surface area (Å²) in [5.74, 6) is 0.648. The van der Waals surface area contributed by atoms with Crippen molar-refractivity contribution in [1.82, 2.24) is 15.8 Å². The Morgan fingerprint density at radius 2 is 1.83 bits per heavy atom. The van der Waals surface area contributed by atoms with Gasteiger partial charge in [-0.2, -0.15) is 0 Å². The smallest absolute Gasteiger partial charge is 0.229 e. The van der Waals surface area contributed by atoms with Gasteiger partial charge in [0.25, 0.3) is 0 Å². The average Bonchev–Trinajstić information content (AvgIpc) is 3.25. The number of hydrazine groups is 1. The molecule has 2 atom stereocenters. The highest BCUT2D eigenvalue weighted by atomic mass is 35.5. The highest BCUT2D eigenvalue weighted by molar-refractivity contribution is 6.32. The molecule has 0 aliphatic carbocycles. The van der Waals surface area contributed by atoms with Crippen LogP contribution < -0.4 is 20.5 Å². The lowest BCUT2D eigenvalue weighted by molar-refractivity contribution is -0.135. The maximum atomic E-state index is 13.3. The van der Waals surface area contributed by atoms with E-state index in [2.05, 4.69) is 15.8 Å². The van der Waals surface area contributed by atoms with Gasteiger partial charge in [0.05, 0.1) is 23.6 Å². The van der Waals surface area contributed by atoms with E-state index < -0.39 is 0 Å². The van der Waals surface area contributed by atoms with Gasteiger partial charge in [-0.15, -0.1) is 0 Å². The molecule has 4 rings (SSSR count). The summed E-state index contributed by atoms with van der Waals surface area (Å²) in [4.78, 5) is 17.5. The normalized spacial score (nSPS) is 21.7. The summed E-state index contributed by atoms with van der Waals surface area (Å²) in [6.45, 7) is 6.09. The van der Waals surface area contributed by atoms with Crippen molar-refractivity contribution in [2.45, 2.75) is 13.0 Å². The fourth-order valence-electron chi connectivity index (χ4n) is 4.10. The second-order valence-electron chi connectivity index (χ2n) is 7.52. The third-order valence-corrected chi connectivity index (χ3v) is 6.24. The zero-order valence-corrected chi connectivity index (χ0v) is 18.4. The summed E-state index contributed by atoms with van der Waals surface area (Å²) in [6.07, 6.45) is 0. The molecule has 0 bridgehead atoms. The lowest BCUT2D eigenvalue weighted by Gasteiger charge is -2.37. The number of nitrogens with zero attached hydrogens (tertiary/aromatic N) is 2. The molecule has 2 aliphatic heterocycles. The van der Waals surface area contributed by atoms with Crippen LogP contribution in [0.1, 0.15) is 18.5 Å². The van der Waals surface area contributed by atoms with Crippen molar-refractivity contribution in [3.05, 3.63) is 58.1 Å². The number of hydrogen-bond donors (Lipinski definition) is 2. The Morgan fingerprint density at radius 3 is 2.50 bits per heavy atom. The third kappa shape index (κ3) is 4.52. The van der Waals surface area contributed by atoms with Gasteiger partial charge in [-0.1, -0.05) is 29.3 Å². The molecule has 6 nitrogen and oxygen atoms in total. The van der Waals surface area contributed by atoms with E-state index in [0.29, 0.717) is 37.0 Å². The molecule has 2 saturated heterocycles. The van der Waals surface area contributed by atoms with Gasteiger partial charge in [-0.05, 0) is 48.9 Å². The van der Waals surface area contributed by atoms with Crippen LogP contribution in [0.25, 0.3) is 0 Å². The number of carbonyl (C=O) groups is 1. The van der Waals surface area contributed by atoms with Gasteiger partial charge in [0.2, 0.25) is 5.91 Å². The lowest BCUT2D eigenvalue weighted by atomic mass is 9.93. The SMILES string of the molecule is CCOc1ccc(C2NNCC2C(=O)N2CCN(c3ccc(Cl)cc3)CC2)cc1Cl. The van der Waals surface area contributed by atoms with Crippen molar-refractivity contribution in [2.75, 3.05) is 44.2 Å². The molecule has 2 unspecified atom stereocenters. The first-order valence-corrected chi connectivity index (χ1v) is 11.0. The molecule has 30 heavy (non-hydrogen) atoms. The van der Waals surface area contributed by atoms with Crippen LogP contribution >= 0.6 is 23.2 Å². The number of benzene rings is 2. The van der Waals surface area contributed by atoms with Crippen molar-refractivity contribution < 1.29 is 9.53 Å². The fraction of sp³-hybridized carbons (Fsp3) is 0.409. The van der Waals surface area contributed by atoms with Crippen LogP contribution in [-0.4, -0.2) is 50.1 Å². The maximum Gasteiger partial charge on any atom is 0.229 e. The van der Waals surface area contributed by atoms with E-state index in [0.717, 1.165) is 29.4 Å². The van der Waals surface area contributed by atoms with E-state index in [9.17, 15) is 4.79 Å². The molecule has 8 heteroatoms. The predicted molar refractivity (Wildman–Crippen MR) is 120 cm³/mol. The number of piperazine rings is 1. The summed E-state index contributed by atoms with van der Waals surface area (Å²) < 4.78 is 5.52. The topological polar surface area (TPSA) is 56.8 Å². The van der Waals surface area contributed by atoms with Gasteiger partial charge in [0.1, 0.15) is 5.75 Å². The second-order valence-corrected chi connectivity index (χ2v) is 8.36. The molecule has 2 aliphatic rings. The van der Waals surface area contributed by atoms with Crippen LogP contribution in [0.4, 0.5) is 5.69 Å². The second kappa shape index (κ2) is 9.43. The molecule has 0 radical (unpaired) electrons. The third-order valence-electron chi connectivity index (χ3n) is 5.70. The molecule has 2 N–H and O–H groups in total. The standard InChI is InChI=1S/C22H26Cl2N4O2/c1-2-30-20-8-3-15(13-19(20)24)21-18(14-25-26-21)22(29)28-11-9-27(10-12-28)17-6-4-16(23)5-7-17/h3-8,13,18,21,25-26H,2,9-12,14H2,1H3. The van der Waals surface area contributed by atoms with Crippen molar-refractivity contribution >= 4 is 34.8 Å². The first-order chi connectivity index (χ1) is 14.6. The van der Waals surface area contributed by atoms with E-state index >= 15 is 0 Å². The molecule has 1 amide bonds. The number of rotatable bonds is 5. The number of hydrogen-bond acceptors (Lipinski definition) is 5. The first kappa shape index (κ1) is 21.2. The molecular weight excluding hydrogens is 423 g/mol. The summed E-state index contributed by atoms with van der Waals surface area (Å²) in [6, 6.07) is 13.4. The Bertz CT molecular complexity index is 885. The van der Waals surface area contributed by atoms with E-state index in [1.54, 1.807) is 0 Å². The predicted octanol–water partition coefficient (Wildman–Crippen LogP) is 3.51. The van der Waals surface area contributed by atoms with Crippen molar-refractivity contribution in [3.8, 4) is 5.75 Å². The summed E-state index contributed by atoms with van der Waals surface area (Å²) in [5, 5.41) is 1.29. The molecule has 2 heterocycles. The van der Waals surface area contributed by atoms with Gasteiger partial charge in [-0.3, -0.25) is 10.2 Å². The zero-order valence-electron chi connectivity index (χ0n) is 16.9. The van der Waals surface area contributed by atoms with Gasteiger partial charge >= 0.3 is 0 Å². The molecule has 0 spiro atoms. The Morgan fingerprint density at radius 1 is 1.10 bits per heavy atom. The van der Waals surface area contributed by atoms with E-state index in [1.165, 1.54) is 0 Å². The summed E-state index contributed by atoms with van der Waals surface area (Å²) >= 11 is 12.4. The number of amides is 1. The maximum absolute atomic E-state index is 13.3. The molecule has 0 aromatic heterocycles. The van der Waals surface area contributed by atoms with Crippen molar-refractivity contribution in [1.29, 1.82) is 0 Å². The zero-order chi connectivity index (χ0) is 21.1. The largest absolute Gasteiger partial charge is 0.492 e. The highest BCUT2D eigenvalue weighted by Gasteiger charge is 2.37.